The van der Waals surface area contributed by atoms with Crippen molar-refractivity contribution in [1.29, 1.82) is 0 Å². The molecule has 0 aliphatic carbocycles. The summed E-state index contributed by atoms with van der Waals surface area (Å²) in [5.74, 6) is 2.03. The van der Waals surface area contributed by atoms with Crippen molar-refractivity contribution in [1.82, 2.24) is 0 Å². The SMILES string of the molecule is CCCC1OC(OCC(C)C)CC(CC)C1C. The van der Waals surface area contributed by atoms with E-state index < -0.39 is 0 Å². The molecule has 0 spiro atoms. The molecule has 0 aromatic heterocycles. The lowest BCUT2D eigenvalue weighted by atomic mass is 9.81. The molecule has 1 heterocycles. The van der Waals surface area contributed by atoms with E-state index in [9.17, 15) is 0 Å². The van der Waals surface area contributed by atoms with E-state index in [4.69, 9.17) is 9.47 Å². The van der Waals surface area contributed by atoms with E-state index in [1.807, 2.05) is 0 Å². The van der Waals surface area contributed by atoms with Gasteiger partial charge < -0.3 is 9.47 Å². The van der Waals surface area contributed by atoms with Crippen molar-refractivity contribution < 1.29 is 9.47 Å². The molecular weight excluding hydrogens is 212 g/mol. The van der Waals surface area contributed by atoms with E-state index >= 15 is 0 Å². The highest BCUT2D eigenvalue weighted by Gasteiger charge is 2.34. The molecule has 0 amide bonds. The molecule has 2 heteroatoms. The smallest absolute Gasteiger partial charge is 0.158 e. The molecule has 1 fully saturated rings. The number of rotatable bonds is 6. The summed E-state index contributed by atoms with van der Waals surface area (Å²) in [5.41, 5.74) is 0. The zero-order valence-electron chi connectivity index (χ0n) is 12.2. The van der Waals surface area contributed by atoms with Crippen molar-refractivity contribution in [3.8, 4) is 0 Å². The Kier molecular flexibility index (Phi) is 6.50. The second-order valence-electron chi connectivity index (χ2n) is 5.88. The van der Waals surface area contributed by atoms with Crippen LogP contribution in [0.15, 0.2) is 0 Å². The van der Waals surface area contributed by atoms with E-state index in [1.54, 1.807) is 0 Å². The summed E-state index contributed by atoms with van der Waals surface area (Å²) in [5, 5.41) is 0. The Labute approximate surface area is 107 Å². The lowest BCUT2D eigenvalue weighted by Crippen LogP contribution is -2.41. The van der Waals surface area contributed by atoms with Gasteiger partial charge in [0.05, 0.1) is 12.7 Å². The van der Waals surface area contributed by atoms with Gasteiger partial charge in [-0.25, -0.2) is 0 Å². The Morgan fingerprint density at radius 1 is 1.29 bits per heavy atom. The lowest BCUT2D eigenvalue weighted by Gasteiger charge is -2.40. The minimum atomic E-state index is 0.0371. The fraction of sp³-hybridized carbons (Fsp3) is 1.00. The molecule has 0 aromatic rings. The van der Waals surface area contributed by atoms with Gasteiger partial charge in [0.15, 0.2) is 6.29 Å². The average molecular weight is 242 g/mol. The average Bonchev–Trinajstić information content (AvgIpc) is 2.30. The van der Waals surface area contributed by atoms with Crippen LogP contribution in [0.1, 0.15) is 60.3 Å². The number of ether oxygens (including phenoxy) is 2. The zero-order chi connectivity index (χ0) is 12.8. The van der Waals surface area contributed by atoms with Crippen molar-refractivity contribution in [2.45, 2.75) is 72.7 Å². The van der Waals surface area contributed by atoms with Crippen LogP contribution in [0.4, 0.5) is 0 Å². The number of hydrogen-bond donors (Lipinski definition) is 0. The summed E-state index contributed by atoms with van der Waals surface area (Å²) >= 11 is 0. The quantitative estimate of drug-likeness (QED) is 0.693. The minimum Gasteiger partial charge on any atom is -0.352 e. The van der Waals surface area contributed by atoms with Crippen LogP contribution in [0.5, 0.6) is 0 Å². The van der Waals surface area contributed by atoms with Crippen LogP contribution in [0.2, 0.25) is 0 Å². The highest BCUT2D eigenvalue weighted by Crippen LogP contribution is 2.35. The summed E-state index contributed by atoms with van der Waals surface area (Å²) in [6.07, 6.45) is 5.12. The van der Waals surface area contributed by atoms with Gasteiger partial charge in [0.1, 0.15) is 0 Å². The highest BCUT2D eigenvalue weighted by atomic mass is 16.7. The van der Waals surface area contributed by atoms with Gasteiger partial charge >= 0.3 is 0 Å². The van der Waals surface area contributed by atoms with Crippen LogP contribution < -0.4 is 0 Å². The maximum absolute atomic E-state index is 6.10. The Balaban J connectivity index is 2.50. The molecule has 1 aliphatic heterocycles. The fourth-order valence-corrected chi connectivity index (χ4v) is 2.70. The van der Waals surface area contributed by atoms with E-state index in [0.717, 1.165) is 18.9 Å². The monoisotopic (exact) mass is 242 g/mol. The van der Waals surface area contributed by atoms with Crippen molar-refractivity contribution in [2.24, 2.45) is 17.8 Å². The molecule has 0 saturated carbocycles. The molecular formula is C15H30O2. The Morgan fingerprint density at radius 3 is 2.53 bits per heavy atom. The first-order chi connectivity index (χ1) is 8.08. The van der Waals surface area contributed by atoms with Gasteiger partial charge in [-0.2, -0.15) is 0 Å². The van der Waals surface area contributed by atoms with Crippen LogP contribution in [-0.4, -0.2) is 19.0 Å². The molecule has 2 nitrogen and oxygen atoms in total. The maximum Gasteiger partial charge on any atom is 0.158 e. The van der Waals surface area contributed by atoms with Crippen LogP contribution in [0, 0.1) is 17.8 Å². The molecule has 1 aliphatic rings. The molecule has 1 saturated heterocycles. The van der Waals surface area contributed by atoms with Gasteiger partial charge in [-0.05, 0) is 24.2 Å². The Morgan fingerprint density at radius 2 is 2.00 bits per heavy atom. The lowest BCUT2D eigenvalue weighted by molar-refractivity contribution is -0.227. The fourth-order valence-electron chi connectivity index (χ4n) is 2.70. The van der Waals surface area contributed by atoms with E-state index in [1.165, 1.54) is 19.3 Å². The van der Waals surface area contributed by atoms with Gasteiger partial charge in [0.25, 0.3) is 0 Å². The van der Waals surface area contributed by atoms with Crippen LogP contribution in [-0.2, 0) is 9.47 Å². The molecule has 0 radical (unpaired) electrons. The van der Waals surface area contributed by atoms with Crippen molar-refractivity contribution in [3.05, 3.63) is 0 Å². The van der Waals surface area contributed by atoms with Crippen LogP contribution >= 0.6 is 0 Å². The zero-order valence-corrected chi connectivity index (χ0v) is 12.2. The molecule has 17 heavy (non-hydrogen) atoms. The van der Waals surface area contributed by atoms with E-state index in [-0.39, 0.29) is 6.29 Å². The molecule has 102 valence electrons. The third-order valence-corrected chi connectivity index (χ3v) is 3.86. The van der Waals surface area contributed by atoms with E-state index in [2.05, 4.69) is 34.6 Å². The van der Waals surface area contributed by atoms with Crippen molar-refractivity contribution >= 4 is 0 Å². The van der Waals surface area contributed by atoms with E-state index in [0.29, 0.717) is 17.9 Å². The molecule has 1 rings (SSSR count). The second kappa shape index (κ2) is 7.38. The van der Waals surface area contributed by atoms with Crippen LogP contribution in [0.3, 0.4) is 0 Å². The Hall–Kier alpha value is -0.0800. The summed E-state index contributed by atoms with van der Waals surface area (Å²) < 4.78 is 12.0. The van der Waals surface area contributed by atoms with Gasteiger partial charge in [-0.3, -0.25) is 0 Å². The molecule has 4 unspecified atom stereocenters. The topological polar surface area (TPSA) is 18.5 Å². The molecule has 0 N–H and O–H groups in total. The summed E-state index contributed by atoms with van der Waals surface area (Å²) in [6.45, 7) is 12.0. The summed E-state index contributed by atoms with van der Waals surface area (Å²) in [6, 6.07) is 0. The standard InChI is InChI=1S/C15H30O2/c1-6-8-14-12(5)13(7-2)9-15(17-14)16-10-11(3)4/h11-15H,6-10H2,1-5H3. The normalized spacial score (nSPS) is 34.2. The van der Waals surface area contributed by atoms with Gasteiger partial charge in [0, 0.05) is 6.42 Å². The summed E-state index contributed by atoms with van der Waals surface area (Å²) in [4.78, 5) is 0. The van der Waals surface area contributed by atoms with Crippen LogP contribution in [0.25, 0.3) is 0 Å². The first-order valence-electron chi connectivity index (χ1n) is 7.35. The third-order valence-electron chi connectivity index (χ3n) is 3.86. The minimum absolute atomic E-state index is 0.0371. The van der Waals surface area contributed by atoms with Gasteiger partial charge in [0.2, 0.25) is 0 Å². The second-order valence-corrected chi connectivity index (χ2v) is 5.88. The van der Waals surface area contributed by atoms with Crippen molar-refractivity contribution in [2.75, 3.05) is 6.61 Å². The van der Waals surface area contributed by atoms with Gasteiger partial charge in [-0.15, -0.1) is 0 Å². The Bertz CT molecular complexity index is 203. The first kappa shape index (κ1) is 15.0. The predicted molar refractivity (Wildman–Crippen MR) is 71.9 cm³/mol. The maximum atomic E-state index is 6.10. The first-order valence-corrected chi connectivity index (χ1v) is 7.35. The summed E-state index contributed by atoms with van der Waals surface area (Å²) in [7, 11) is 0. The molecule has 0 bridgehead atoms. The molecule has 0 aromatic carbocycles. The predicted octanol–water partition coefficient (Wildman–Crippen LogP) is 4.24. The molecule has 4 atom stereocenters. The number of hydrogen-bond acceptors (Lipinski definition) is 2. The third kappa shape index (κ3) is 4.59. The highest BCUT2D eigenvalue weighted by molar-refractivity contribution is 4.79. The van der Waals surface area contributed by atoms with Crippen molar-refractivity contribution in [3.63, 3.8) is 0 Å². The largest absolute Gasteiger partial charge is 0.352 e. The van der Waals surface area contributed by atoms with Gasteiger partial charge in [-0.1, -0.05) is 47.5 Å².